The summed E-state index contributed by atoms with van der Waals surface area (Å²) in [6.07, 6.45) is 4.22. The molecule has 1 aliphatic rings. The van der Waals surface area contributed by atoms with Gasteiger partial charge in [-0.15, -0.1) is 0 Å². The third kappa shape index (κ3) is 4.52. The van der Waals surface area contributed by atoms with Gasteiger partial charge >= 0.3 is 0 Å². The number of nitrogens with one attached hydrogen (secondary N) is 1. The topological polar surface area (TPSA) is 32.3 Å². The van der Waals surface area contributed by atoms with Crippen LogP contribution in [0.15, 0.2) is 127 Å². The van der Waals surface area contributed by atoms with Crippen LogP contribution in [0.2, 0.25) is 0 Å². The van der Waals surface area contributed by atoms with E-state index in [0.717, 1.165) is 28.0 Å². The Bertz CT molecular complexity index is 1350. The molecule has 5 rings (SSSR count). The number of benzene rings is 4. The van der Waals surface area contributed by atoms with Gasteiger partial charge in [0.1, 0.15) is 5.82 Å². The van der Waals surface area contributed by atoms with Crippen molar-refractivity contribution in [2.24, 2.45) is 0 Å². The monoisotopic (exact) mass is 446 g/mol. The van der Waals surface area contributed by atoms with E-state index in [4.69, 9.17) is 0 Å². The third-order valence-corrected chi connectivity index (χ3v) is 5.79. The lowest BCUT2D eigenvalue weighted by atomic mass is 9.92. The maximum atomic E-state index is 13.8. The Hall–Kier alpha value is -4.44. The molecule has 4 aromatic rings. The zero-order chi connectivity index (χ0) is 23.3. The van der Waals surface area contributed by atoms with E-state index in [1.807, 2.05) is 83.9 Å². The second-order valence-corrected chi connectivity index (χ2v) is 8.06. The number of nitrogens with zero attached hydrogens (tertiary/aromatic N) is 1. The van der Waals surface area contributed by atoms with E-state index < -0.39 is 5.82 Å². The van der Waals surface area contributed by atoms with Crippen LogP contribution in [0.25, 0.3) is 11.3 Å². The molecule has 4 aromatic carbocycles. The summed E-state index contributed by atoms with van der Waals surface area (Å²) in [5.74, 6) is -0.824. The lowest BCUT2D eigenvalue weighted by Crippen LogP contribution is -2.44. The smallest absolute Gasteiger partial charge is 0.269 e. The molecular formula is C30H23FN2O. The van der Waals surface area contributed by atoms with Crippen molar-refractivity contribution in [3.63, 3.8) is 0 Å². The van der Waals surface area contributed by atoms with Gasteiger partial charge in [-0.2, -0.15) is 0 Å². The molecule has 0 spiro atoms. The molecule has 34 heavy (non-hydrogen) atoms. The number of hydrogen-bond donors (Lipinski definition) is 1. The summed E-state index contributed by atoms with van der Waals surface area (Å²) in [7, 11) is 0. The van der Waals surface area contributed by atoms with Crippen LogP contribution in [0.4, 0.5) is 4.39 Å². The molecular weight excluding hydrogens is 423 g/mol. The SMILES string of the molecule is O=C(NN1C(c2ccccc2)=CC(c2ccccc2)=CC1c1ccccc1)c1cccc(F)c1. The van der Waals surface area contributed by atoms with E-state index in [1.54, 1.807) is 6.07 Å². The van der Waals surface area contributed by atoms with Crippen molar-refractivity contribution in [2.45, 2.75) is 6.04 Å². The maximum Gasteiger partial charge on any atom is 0.269 e. The molecule has 1 aliphatic heterocycles. The Morgan fingerprint density at radius 3 is 2.00 bits per heavy atom. The zero-order valence-electron chi connectivity index (χ0n) is 18.4. The second kappa shape index (κ2) is 9.59. The molecule has 1 heterocycles. The van der Waals surface area contributed by atoms with Gasteiger partial charge in [0.05, 0.1) is 11.7 Å². The highest BCUT2D eigenvalue weighted by Gasteiger charge is 2.28. The first-order valence-corrected chi connectivity index (χ1v) is 11.1. The number of halogens is 1. The number of hydrogen-bond acceptors (Lipinski definition) is 2. The number of rotatable bonds is 5. The van der Waals surface area contributed by atoms with Crippen LogP contribution < -0.4 is 5.43 Å². The second-order valence-electron chi connectivity index (χ2n) is 8.06. The first-order chi connectivity index (χ1) is 16.7. The Morgan fingerprint density at radius 1 is 0.735 bits per heavy atom. The van der Waals surface area contributed by atoms with Gasteiger partial charge in [0, 0.05) is 5.56 Å². The molecule has 0 aromatic heterocycles. The minimum absolute atomic E-state index is 0.261. The van der Waals surface area contributed by atoms with Crippen LogP contribution in [0.3, 0.4) is 0 Å². The van der Waals surface area contributed by atoms with Gasteiger partial charge in [0.25, 0.3) is 5.91 Å². The first kappa shape index (κ1) is 21.4. The Labute approximate surface area is 198 Å². The first-order valence-electron chi connectivity index (χ1n) is 11.1. The van der Waals surface area contributed by atoms with Crippen LogP contribution in [-0.2, 0) is 0 Å². The largest absolute Gasteiger partial charge is 0.273 e. The van der Waals surface area contributed by atoms with Crippen molar-refractivity contribution >= 4 is 17.2 Å². The summed E-state index contributed by atoms with van der Waals surface area (Å²) in [5.41, 5.74) is 8.29. The summed E-state index contributed by atoms with van der Waals surface area (Å²) in [6.45, 7) is 0. The average molecular weight is 447 g/mol. The van der Waals surface area contributed by atoms with E-state index in [0.29, 0.717) is 0 Å². The molecule has 1 atom stereocenters. The molecule has 1 amide bonds. The predicted molar refractivity (Wildman–Crippen MR) is 134 cm³/mol. The Kier molecular flexibility index (Phi) is 6.04. The minimum atomic E-state index is -0.448. The van der Waals surface area contributed by atoms with Crippen molar-refractivity contribution in [3.05, 3.63) is 155 Å². The fourth-order valence-electron chi connectivity index (χ4n) is 4.13. The fourth-order valence-corrected chi connectivity index (χ4v) is 4.13. The number of allylic oxidation sites excluding steroid dienone is 2. The van der Waals surface area contributed by atoms with E-state index in [1.165, 1.54) is 18.2 Å². The highest BCUT2D eigenvalue weighted by Crippen LogP contribution is 2.38. The lowest BCUT2D eigenvalue weighted by Gasteiger charge is -2.37. The Balaban J connectivity index is 1.63. The molecule has 0 aliphatic carbocycles. The van der Waals surface area contributed by atoms with E-state index in [-0.39, 0.29) is 17.5 Å². The molecule has 0 bridgehead atoms. The van der Waals surface area contributed by atoms with Gasteiger partial charge in [-0.3, -0.25) is 15.2 Å². The van der Waals surface area contributed by atoms with Crippen molar-refractivity contribution in [1.29, 1.82) is 0 Å². The number of amides is 1. The molecule has 4 heteroatoms. The molecule has 3 nitrogen and oxygen atoms in total. The highest BCUT2D eigenvalue weighted by molar-refractivity contribution is 5.95. The van der Waals surface area contributed by atoms with Gasteiger partial charge < -0.3 is 0 Å². The lowest BCUT2D eigenvalue weighted by molar-refractivity contribution is 0.0837. The van der Waals surface area contributed by atoms with Crippen LogP contribution in [0, 0.1) is 5.82 Å². The van der Waals surface area contributed by atoms with Crippen molar-refractivity contribution in [2.75, 3.05) is 0 Å². The van der Waals surface area contributed by atoms with E-state index >= 15 is 0 Å². The summed E-state index contributed by atoms with van der Waals surface area (Å²) in [6, 6.07) is 35.6. The zero-order valence-corrected chi connectivity index (χ0v) is 18.4. The molecule has 0 saturated carbocycles. The molecule has 1 unspecified atom stereocenters. The van der Waals surface area contributed by atoms with Crippen LogP contribution in [-0.4, -0.2) is 10.9 Å². The predicted octanol–water partition coefficient (Wildman–Crippen LogP) is 6.65. The maximum absolute atomic E-state index is 13.8. The number of carbonyl (C=O) groups is 1. The van der Waals surface area contributed by atoms with E-state index in [2.05, 4.69) is 29.7 Å². The Morgan fingerprint density at radius 2 is 1.35 bits per heavy atom. The van der Waals surface area contributed by atoms with Crippen LogP contribution >= 0.6 is 0 Å². The van der Waals surface area contributed by atoms with Gasteiger partial charge in [-0.05, 0) is 52.6 Å². The molecule has 0 fully saturated rings. The van der Waals surface area contributed by atoms with E-state index in [9.17, 15) is 9.18 Å². The van der Waals surface area contributed by atoms with Gasteiger partial charge in [-0.1, -0.05) is 97.1 Å². The van der Waals surface area contributed by atoms with Crippen LogP contribution in [0.1, 0.15) is 33.1 Å². The van der Waals surface area contributed by atoms with Crippen molar-refractivity contribution in [1.82, 2.24) is 10.4 Å². The summed E-state index contributed by atoms with van der Waals surface area (Å²) < 4.78 is 13.8. The quantitative estimate of drug-likeness (QED) is 0.372. The van der Waals surface area contributed by atoms with Crippen molar-refractivity contribution < 1.29 is 9.18 Å². The molecule has 166 valence electrons. The minimum Gasteiger partial charge on any atom is -0.273 e. The standard InChI is InChI=1S/C30H23FN2O/c31-27-18-10-17-25(19-27)30(34)32-33-28(23-13-6-2-7-14-23)20-26(22-11-4-1-5-12-22)21-29(33)24-15-8-3-9-16-24/h1-21,28H,(H,32,34). The van der Waals surface area contributed by atoms with Gasteiger partial charge in [0.15, 0.2) is 0 Å². The summed E-state index contributed by atoms with van der Waals surface area (Å²) in [5, 5.41) is 1.87. The van der Waals surface area contributed by atoms with Gasteiger partial charge in [-0.25, -0.2) is 4.39 Å². The molecule has 0 radical (unpaired) electrons. The normalized spacial score (nSPS) is 15.3. The molecule has 0 saturated heterocycles. The number of carbonyl (C=O) groups excluding carboxylic acids is 1. The summed E-state index contributed by atoms with van der Waals surface area (Å²) >= 11 is 0. The van der Waals surface area contributed by atoms with Crippen molar-refractivity contribution in [3.8, 4) is 0 Å². The average Bonchev–Trinajstić information content (AvgIpc) is 2.90. The molecule has 1 N–H and O–H groups in total. The van der Waals surface area contributed by atoms with Gasteiger partial charge in [0.2, 0.25) is 0 Å². The fraction of sp³-hybridized carbons (Fsp3) is 0.0333. The third-order valence-electron chi connectivity index (χ3n) is 5.79. The summed E-state index contributed by atoms with van der Waals surface area (Å²) in [4.78, 5) is 13.2. The number of hydrazine groups is 1. The van der Waals surface area contributed by atoms with Crippen LogP contribution in [0.5, 0.6) is 0 Å². The highest BCUT2D eigenvalue weighted by atomic mass is 19.1.